The highest BCUT2D eigenvalue weighted by Gasteiger charge is 2.75. The van der Waals surface area contributed by atoms with Gasteiger partial charge in [0.05, 0.1) is 5.75 Å². The lowest BCUT2D eigenvalue weighted by molar-refractivity contribution is -0.356. The maximum Gasteiger partial charge on any atom is 0.431 e. The van der Waals surface area contributed by atoms with Gasteiger partial charge in [0.1, 0.15) is 6.54 Å². The van der Waals surface area contributed by atoms with Crippen LogP contribution in [0.3, 0.4) is 0 Å². The van der Waals surface area contributed by atoms with Gasteiger partial charge in [-0.15, -0.1) is 0 Å². The van der Waals surface area contributed by atoms with Gasteiger partial charge >= 0.3 is 30.7 Å². The Kier molecular flexibility index (Phi) is 9.93. The number of carboxylic acid groups (broad SMARTS) is 1. The number of alkyl halides is 14. The molecule has 0 saturated heterocycles. The Morgan fingerprint density at radius 1 is 0.743 bits per heavy atom. The van der Waals surface area contributed by atoms with Crippen LogP contribution in [0.15, 0.2) is 0 Å². The van der Waals surface area contributed by atoms with Gasteiger partial charge < -0.3 is 5.11 Å². The molecule has 0 unspecified atom stereocenters. The molecule has 20 heteroatoms. The summed E-state index contributed by atoms with van der Waals surface area (Å²) in [6.07, 6.45) is -36.2. The molecule has 0 atom stereocenters. The second-order valence-corrected chi connectivity index (χ2v) is 9.38. The van der Waals surface area contributed by atoms with Crippen LogP contribution in [0.1, 0.15) is 26.2 Å². The highest BCUT2D eigenvalue weighted by Crippen LogP contribution is 2.54. The van der Waals surface area contributed by atoms with E-state index < -0.39 is 96.1 Å². The molecular formula is C15H17F14NO4S. The van der Waals surface area contributed by atoms with Gasteiger partial charge in [-0.3, -0.25) is 4.79 Å². The van der Waals surface area contributed by atoms with Gasteiger partial charge in [0.15, 0.2) is 0 Å². The van der Waals surface area contributed by atoms with E-state index in [0.717, 1.165) is 6.92 Å². The lowest BCUT2D eigenvalue weighted by atomic mass is 9.81. The molecule has 0 amide bonds. The van der Waals surface area contributed by atoms with E-state index in [9.17, 15) is 74.7 Å². The van der Waals surface area contributed by atoms with Crippen molar-refractivity contribution in [2.75, 3.05) is 18.8 Å². The van der Waals surface area contributed by atoms with Crippen molar-refractivity contribution in [2.24, 2.45) is 5.92 Å². The predicted molar refractivity (Wildman–Crippen MR) is 87.9 cm³/mol. The summed E-state index contributed by atoms with van der Waals surface area (Å²) in [5.74, 6) is -7.10. The highest BCUT2D eigenvalue weighted by atomic mass is 32.2. The van der Waals surface area contributed by atoms with Crippen LogP contribution < -0.4 is 0 Å². The van der Waals surface area contributed by atoms with E-state index in [1.165, 1.54) is 0 Å². The van der Waals surface area contributed by atoms with Gasteiger partial charge in [-0.2, -0.15) is 57.0 Å². The summed E-state index contributed by atoms with van der Waals surface area (Å²) in [6.45, 7) is -1.06. The van der Waals surface area contributed by atoms with E-state index >= 15 is 0 Å². The third-order valence-corrected chi connectivity index (χ3v) is 6.70. The van der Waals surface area contributed by atoms with Crippen molar-refractivity contribution in [1.82, 2.24) is 4.31 Å². The molecule has 1 N–H and O–H groups in total. The van der Waals surface area contributed by atoms with Crippen LogP contribution in [0, 0.1) is 5.92 Å². The minimum absolute atomic E-state index is 0.0266. The number of hydrogen-bond acceptors (Lipinski definition) is 3. The van der Waals surface area contributed by atoms with Crippen molar-refractivity contribution >= 4 is 16.0 Å². The Bertz CT molecular complexity index is 763. The van der Waals surface area contributed by atoms with Crippen molar-refractivity contribution in [1.29, 1.82) is 0 Å². The molecule has 0 radical (unpaired) electrons. The highest BCUT2D eigenvalue weighted by molar-refractivity contribution is 7.89. The zero-order valence-corrected chi connectivity index (χ0v) is 18.0. The maximum atomic E-state index is 14.1. The van der Waals surface area contributed by atoms with Crippen molar-refractivity contribution in [3.05, 3.63) is 0 Å². The summed E-state index contributed by atoms with van der Waals surface area (Å²) >= 11 is 0. The zero-order valence-electron chi connectivity index (χ0n) is 17.1. The molecule has 0 aliphatic heterocycles. The monoisotopic (exact) mass is 573 g/mol. The molecule has 5 nitrogen and oxygen atoms in total. The summed E-state index contributed by atoms with van der Waals surface area (Å²) < 4.78 is 206. The molecule has 0 bridgehead atoms. The molecule has 0 spiro atoms. The van der Waals surface area contributed by atoms with Crippen LogP contribution in [-0.2, 0) is 14.8 Å². The second-order valence-electron chi connectivity index (χ2n) is 7.29. The first-order valence-electron chi connectivity index (χ1n) is 9.00. The Morgan fingerprint density at radius 3 is 1.29 bits per heavy atom. The van der Waals surface area contributed by atoms with E-state index in [2.05, 4.69) is 0 Å². The number of rotatable bonds is 11. The normalized spacial score (nSPS) is 15.2. The first-order chi connectivity index (χ1) is 15.2. The van der Waals surface area contributed by atoms with Crippen LogP contribution in [0.5, 0.6) is 0 Å². The van der Waals surface area contributed by atoms with Gasteiger partial charge in [0.2, 0.25) is 10.0 Å². The molecule has 210 valence electrons. The van der Waals surface area contributed by atoms with Gasteiger partial charge in [-0.05, 0) is 12.3 Å². The number of carboxylic acids is 1. The molecule has 0 aromatic heterocycles. The van der Waals surface area contributed by atoms with E-state index in [1.807, 2.05) is 0 Å². The molecule has 0 rings (SSSR count). The molecule has 0 aromatic carbocycles. The van der Waals surface area contributed by atoms with Crippen LogP contribution >= 0.6 is 0 Å². The fraction of sp³-hybridized carbons (Fsp3) is 0.933. The lowest BCUT2D eigenvalue weighted by Crippen LogP contribution is -2.57. The Balaban J connectivity index is 6.53. The average molecular weight is 573 g/mol. The first-order valence-corrected chi connectivity index (χ1v) is 10.6. The van der Waals surface area contributed by atoms with E-state index in [1.54, 1.807) is 0 Å². The predicted octanol–water partition coefficient (Wildman–Crippen LogP) is 5.18. The third kappa shape index (κ3) is 7.69. The average Bonchev–Trinajstić information content (AvgIpc) is 2.59. The molecule has 35 heavy (non-hydrogen) atoms. The van der Waals surface area contributed by atoms with Gasteiger partial charge in [0.25, 0.3) is 11.3 Å². The number of hydrogen-bond donors (Lipinski definition) is 1. The van der Waals surface area contributed by atoms with Gasteiger partial charge in [-0.1, -0.05) is 6.92 Å². The molecule has 0 heterocycles. The topological polar surface area (TPSA) is 74.7 Å². The van der Waals surface area contributed by atoms with E-state index in [4.69, 9.17) is 5.11 Å². The Labute approximate surface area is 188 Å². The number of carbonyl (C=O) groups is 1. The van der Waals surface area contributed by atoms with E-state index in [0.29, 0.717) is 0 Å². The fourth-order valence-electron chi connectivity index (χ4n) is 2.86. The molecule has 0 fully saturated rings. The van der Waals surface area contributed by atoms with Gasteiger partial charge in [0, 0.05) is 19.4 Å². The summed E-state index contributed by atoms with van der Waals surface area (Å²) in [5, 5.41) is 8.61. The van der Waals surface area contributed by atoms with Crippen LogP contribution in [0.4, 0.5) is 61.5 Å². The Morgan fingerprint density at radius 2 is 1.06 bits per heavy atom. The van der Waals surface area contributed by atoms with Crippen LogP contribution in [-0.4, -0.2) is 78.7 Å². The standard InChI is InChI=1S/C15H17F14NO4S/c1-2-30(7-9(31)32)35(33,34)4-3-8(5-10(16,12(18,19)20)13(21,22)23)6-11(17,14(24,25)26)15(27,28)29/h8H,2-7H2,1H3,(H,31,32). The van der Waals surface area contributed by atoms with Crippen molar-refractivity contribution in [2.45, 2.75) is 62.2 Å². The maximum absolute atomic E-state index is 14.1. The second kappa shape index (κ2) is 10.4. The number of nitrogens with zero attached hydrogens (tertiary/aromatic N) is 1. The minimum atomic E-state index is -6.95. The van der Waals surface area contributed by atoms with Gasteiger partial charge in [-0.25, -0.2) is 17.2 Å². The minimum Gasteiger partial charge on any atom is -0.480 e. The summed E-state index contributed by atoms with van der Waals surface area (Å²) in [4.78, 5) is 10.7. The number of sulfonamides is 1. The lowest BCUT2D eigenvalue weighted by Gasteiger charge is -2.37. The molecule has 0 aliphatic rings. The number of likely N-dealkylation sites (N-methyl/N-ethyl adjacent to an activating group) is 1. The number of halogens is 14. The Hall–Kier alpha value is -1.60. The molecule has 0 saturated carbocycles. The summed E-state index contributed by atoms with van der Waals surface area (Å²) in [5.41, 5.74) is -12.9. The smallest absolute Gasteiger partial charge is 0.431 e. The number of aliphatic carboxylic acids is 1. The summed E-state index contributed by atoms with van der Waals surface area (Å²) in [6, 6.07) is 0. The third-order valence-electron chi connectivity index (χ3n) is 4.78. The van der Waals surface area contributed by atoms with Crippen LogP contribution in [0.25, 0.3) is 0 Å². The molecule has 0 aliphatic carbocycles. The molecule has 0 aromatic rings. The largest absolute Gasteiger partial charge is 0.480 e. The van der Waals surface area contributed by atoms with Crippen molar-refractivity contribution < 1.29 is 79.8 Å². The summed E-state index contributed by atoms with van der Waals surface area (Å²) in [7, 11) is -5.03. The van der Waals surface area contributed by atoms with Crippen LogP contribution in [0.2, 0.25) is 0 Å². The zero-order chi connectivity index (χ0) is 28.5. The van der Waals surface area contributed by atoms with E-state index in [-0.39, 0.29) is 4.31 Å². The van der Waals surface area contributed by atoms with Crippen molar-refractivity contribution in [3.8, 4) is 0 Å². The van der Waals surface area contributed by atoms with Crippen molar-refractivity contribution in [3.63, 3.8) is 0 Å². The molecular weight excluding hydrogens is 556 g/mol. The quantitative estimate of drug-likeness (QED) is 0.346. The first kappa shape index (κ1) is 33.4. The SMILES string of the molecule is CCN(CC(=O)O)S(=O)(=O)CCC(CC(F)(C(F)(F)F)C(F)(F)F)CC(F)(C(F)(F)F)C(F)(F)F. The fourth-order valence-corrected chi connectivity index (χ4v) is 4.45.